The van der Waals surface area contributed by atoms with Crippen LogP contribution in [-0.2, 0) is 0 Å². The van der Waals surface area contributed by atoms with E-state index in [1.807, 2.05) is 13.1 Å². The van der Waals surface area contributed by atoms with E-state index in [1.165, 1.54) is 0 Å². The number of anilines is 1. The standard InChI is InChI=1S/C12H20N4O/c1-4-5-9(2)16(3)10-6-7-11(14-8-10)12(13)15-17/h6-9,17H,4-5H2,1-3H3,(H2,13,15). The number of oxime groups is 1. The molecule has 1 aromatic rings. The van der Waals surface area contributed by atoms with Crippen molar-refractivity contribution < 1.29 is 5.21 Å². The minimum Gasteiger partial charge on any atom is -0.409 e. The molecule has 0 bridgehead atoms. The minimum absolute atomic E-state index is 0.0285. The summed E-state index contributed by atoms with van der Waals surface area (Å²) in [5, 5.41) is 11.5. The fourth-order valence-electron chi connectivity index (χ4n) is 1.66. The topological polar surface area (TPSA) is 74.7 Å². The molecule has 0 saturated carbocycles. The van der Waals surface area contributed by atoms with E-state index in [4.69, 9.17) is 10.9 Å². The largest absolute Gasteiger partial charge is 0.409 e. The van der Waals surface area contributed by atoms with Crippen molar-refractivity contribution in [3.63, 3.8) is 0 Å². The summed E-state index contributed by atoms with van der Waals surface area (Å²) in [6, 6.07) is 4.14. The molecule has 17 heavy (non-hydrogen) atoms. The van der Waals surface area contributed by atoms with Gasteiger partial charge in [0.1, 0.15) is 5.69 Å². The smallest absolute Gasteiger partial charge is 0.188 e. The fraction of sp³-hybridized carbons (Fsp3) is 0.500. The Morgan fingerprint density at radius 2 is 2.29 bits per heavy atom. The molecule has 0 fully saturated rings. The van der Waals surface area contributed by atoms with Crippen molar-refractivity contribution in [2.75, 3.05) is 11.9 Å². The molecule has 1 rings (SSSR count). The van der Waals surface area contributed by atoms with Gasteiger partial charge >= 0.3 is 0 Å². The zero-order chi connectivity index (χ0) is 12.8. The second-order valence-electron chi connectivity index (χ2n) is 4.14. The lowest BCUT2D eigenvalue weighted by Crippen LogP contribution is -2.28. The molecule has 3 N–H and O–H groups in total. The first-order valence-corrected chi connectivity index (χ1v) is 5.77. The zero-order valence-corrected chi connectivity index (χ0v) is 10.6. The highest BCUT2D eigenvalue weighted by Crippen LogP contribution is 2.16. The van der Waals surface area contributed by atoms with Gasteiger partial charge in [0.15, 0.2) is 5.84 Å². The maximum Gasteiger partial charge on any atom is 0.188 e. The molecular weight excluding hydrogens is 216 g/mol. The van der Waals surface area contributed by atoms with E-state index in [0.717, 1.165) is 18.5 Å². The van der Waals surface area contributed by atoms with E-state index in [1.54, 1.807) is 12.3 Å². The second kappa shape index (κ2) is 6.08. The van der Waals surface area contributed by atoms with E-state index >= 15 is 0 Å². The average Bonchev–Trinajstić information content (AvgIpc) is 2.37. The van der Waals surface area contributed by atoms with Gasteiger partial charge in [-0.25, -0.2) is 0 Å². The number of hydrogen-bond donors (Lipinski definition) is 2. The summed E-state index contributed by atoms with van der Waals surface area (Å²) in [6.07, 6.45) is 4.03. The normalized spacial score (nSPS) is 13.5. The lowest BCUT2D eigenvalue weighted by molar-refractivity contribution is 0.318. The average molecular weight is 236 g/mol. The van der Waals surface area contributed by atoms with Crippen molar-refractivity contribution in [2.24, 2.45) is 10.9 Å². The lowest BCUT2D eigenvalue weighted by Gasteiger charge is -2.26. The van der Waals surface area contributed by atoms with Crippen molar-refractivity contribution in [3.05, 3.63) is 24.0 Å². The number of hydrogen-bond acceptors (Lipinski definition) is 4. The number of nitrogens with two attached hydrogens (primary N) is 1. The zero-order valence-electron chi connectivity index (χ0n) is 10.6. The van der Waals surface area contributed by atoms with Crippen LogP contribution in [0.15, 0.2) is 23.5 Å². The predicted octanol–water partition coefficient (Wildman–Crippen LogP) is 1.80. The molecule has 1 atom stereocenters. The van der Waals surface area contributed by atoms with Gasteiger partial charge in [-0.15, -0.1) is 0 Å². The van der Waals surface area contributed by atoms with E-state index < -0.39 is 0 Å². The van der Waals surface area contributed by atoms with E-state index in [0.29, 0.717) is 11.7 Å². The van der Waals surface area contributed by atoms with Crippen molar-refractivity contribution >= 4 is 11.5 Å². The van der Waals surface area contributed by atoms with Gasteiger partial charge in [0.05, 0.1) is 11.9 Å². The first-order chi connectivity index (χ1) is 8.10. The van der Waals surface area contributed by atoms with Crippen LogP contribution in [-0.4, -0.2) is 29.1 Å². The summed E-state index contributed by atoms with van der Waals surface area (Å²) in [4.78, 5) is 6.33. The summed E-state index contributed by atoms with van der Waals surface area (Å²) in [7, 11) is 2.04. The van der Waals surface area contributed by atoms with Crippen molar-refractivity contribution in [1.82, 2.24) is 4.98 Å². The van der Waals surface area contributed by atoms with Crippen molar-refractivity contribution in [1.29, 1.82) is 0 Å². The Hall–Kier alpha value is -1.78. The van der Waals surface area contributed by atoms with Gasteiger partial charge in [0, 0.05) is 13.1 Å². The Balaban J connectivity index is 2.80. The fourth-order valence-corrected chi connectivity index (χ4v) is 1.66. The predicted molar refractivity (Wildman–Crippen MR) is 69.5 cm³/mol. The maximum atomic E-state index is 8.54. The molecular formula is C12H20N4O. The monoisotopic (exact) mass is 236 g/mol. The lowest BCUT2D eigenvalue weighted by atomic mass is 10.1. The van der Waals surface area contributed by atoms with Crippen LogP contribution in [0.4, 0.5) is 5.69 Å². The first-order valence-electron chi connectivity index (χ1n) is 5.77. The van der Waals surface area contributed by atoms with Crippen molar-refractivity contribution in [3.8, 4) is 0 Å². The van der Waals surface area contributed by atoms with E-state index in [9.17, 15) is 0 Å². The molecule has 0 aliphatic heterocycles. The van der Waals surface area contributed by atoms with E-state index in [-0.39, 0.29) is 5.84 Å². The molecule has 0 radical (unpaired) electrons. The number of nitrogens with zero attached hydrogens (tertiary/aromatic N) is 3. The molecule has 0 saturated heterocycles. The summed E-state index contributed by atoms with van der Waals surface area (Å²) in [6.45, 7) is 4.35. The van der Waals surface area contributed by atoms with Crippen LogP contribution in [0.2, 0.25) is 0 Å². The molecule has 5 nitrogen and oxygen atoms in total. The number of aromatic nitrogens is 1. The molecule has 1 unspecified atom stereocenters. The third-order valence-corrected chi connectivity index (χ3v) is 2.89. The van der Waals surface area contributed by atoms with E-state index in [2.05, 4.69) is 28.9 Å². The highest BCUT2D eigenvalue weighted by molar-refractivity contribution is 5.95. The molecule has 1 heterocycles. The molecule has 0 aliphatic rings. The van der Waals surface area contributed by atoms with Crippen LogP contribution in [0, 0.1) is 0 Å². The third kappa shape index (κ3) is 3.34. The second-order valence-corrected chi connectivity index (χ2v) is 4.14. The number of rotatable bonds is 5. The molecule has 0 aromatic carbocycles. The Kier molecular flexibility index (Phi) is 4.75. The number of pyridine rings is 1. The minimum atomic E-state index is 0.0285. The number of amidine groups is 1. The van der Waals surface area contributed by atoms with Crippen LogP contribution in [0.1, 0.15) is 32.4 Å². The third-order valence-electron chi connectivity index (χ3n) is 2.89. The van der Waals surface area contributed by atoms with Crippen LogP contribution >= 0.6 is 0 Å². The summed E-state index contributed by atoms with van der Waals surface area (Å²) < 4.78 is 0. The summed E-state index contributed by atoms with van der Waals surface area (Å²) in [5.41, 5.74) is 6.96. The van der Waals surface area contributed by atoms with Gasteiger partial charge in [-0.3, -0.25) is 4.98 Å². The Morgan fingerprint density at radius 3 is 2.76 bits per heavy atom. The van der Waals surface area contributed by atoms with Crippen LogP contribution in [0.3, 0.4) is 0 Å². The maximum absolute atomic E-state index is 8.54. The van der Waals surface area contributed by atoms with Gasteiger partial charge in [0.25, 0.3) is 0 Å². The molecule has 94 valence electrons. The molecule has 1 aromatic heterocycles. The van der Waals surface area contributed by atoms with Crippen LogP contribution in [0.25, 0.3) is 0 Å². The van der Waals surface area contributed by atoms with Crippen LogP contribution in [0.5, 0.6) is 0 Å². The molecule has 0 amide bonds. The highest BCUT2D eigenvalue weighted by atomic mass is 16.4. The Bertz CT molecular complexity index is 375. The first kappa shape index (κ1) is 13.3. The van der Waals surface area contributed by atoms with Gasteiger partial charge in [-0.2, -0.15) is 0 Å². The van der Waals surface area contributed by atoms with Crippen LogP contribution < -0.4 is 10.6 Å². The van der Waals surface area contributed by atoms with Gasteiger partial charge in [-0.05, 0) is 25.5 Å². The SMILES string of the molecule is CCCC(C)N(C)c1ccc(/C(N)=N/O)nc1. The summed E-state index contributed by atoms with van der Waals surface area (Å²) in [5.74, 6) is 0.0285. The summed E-state index contributed by atoms with van der Waals surface area (Å²) >= 11 is 0. The molecule has 5 heteroatoms. The van der Waals surface area contributed by atoms with Gasteiger partial charge in [0.2, 0.25) is 0 Å². The highest BCUT2D eigenvalue weighted by Gasteiger charge is 2.10. The van der Waals surface area contributed by atoms with Crippen molar-refractivity contribution in [2.45, 2.75) is 32.7 Å². The Morgan fingerprint density at radius 1 is 1.59 bits per heavy atom. The molecule has 0 aliphatic carbocycles. The quantitative estimate of drug-likeness (QED) is 0.354. The Labute approximate surface area is 102 Å². The van der Waals surface area contributed by atoms with Gasteiger partial charge in [-0.1, -0.05) is 18.5 Å². The molecule has 0 spiro atoms. The van der Waals surface area contributed by atoms with Gasteiger partial charge < -0.3 is 15.8 Å².